The average molecular weight is 238 g/mol. The van der Waals surface area contributed by atoms with E-state index < -0.39 is 29.7 Å². The number of halogens is 3. The first kappa shape index (κ1) is 13.0. The van der Waals surface area contributed by atoms with Gasteiger partial charge in [0.15, 0.2) is 0 Å². The van der Waals surface area contributed by atoms with Gasteiger partial charge in [-0.3, -0.25) is 4.79 Å². The van der Waals surface area contributed by atoms with E-state index in [2.05, 4.69) is 4.74 Å². The first-order chi connectivity index (χ1) is 7.36. The number of hydrogen-bond acceptors (Lipinski definition) is 3. The molecule has 1 rings (SSSR count). The number of rotatable bonds is 2. The lowest BCUT2D eigenvalue weighted by Gasteiger charge is -2.26. The van der Waals surface area contributed by atoms with Gasteiger partial charge >= 0.3 is 12.1 Å². The van der Waals surface area contributed by atoms with Crippen LogP contribution in [0.3, 0.4) is 0 Å². The Bertz CT molecular complexity index is 296. The van der Waals surface area contributed by atoms with Gasteiger partial charge in [-0.05, 0) is 25.8 Å². The van der Waals surface area contributed by atoms with Crippen LogP contribution in [0.5, 0.6) is 0 Å². The molecule has 1 aliphatic rings. The van der Waals surface area contributed by atoms with E-state index in [1.165, 1.54) is 6.92 Å². The van der Waals surface area contributed by atoms with Crippen LogP contribution >= 0.6 is 0 Å². The molecule has 1 N–H and O–H groups in total. The van der Waals surface area contributed by atoms with Gasteiger partial charge in [-0.25, -0.2) is 0 Å². The topological polar surface area (TPSA) is 46.5 Å². The van der Waals surface area contributed by atoms with Crippen molar-refractivity contribution in [2.45, 2.75) is 32.0 Å². The van der Waals surface area contributed by atoms with Gasteiger partial charge in [-0.1, -0.05) is 0 Å². The van der Waals surface area contributed by atoms with Gasteiger partial charge in [-0.2, -0.15) is 13.2 Å². The molecule has 0 heterocycles. The largest absolute Gasteiger partial charge is 0.466 e. The van der Waals surface area contributed by atoms with E-state index in [0.717, 1.165) is 0 Å². The molecule has 3 nitrogen and oxygen atoms in total. The van der Waals surface area contributed by atoms with Gasteiger partial charge in [0.25, 0.3) is 0 Å². The summed E-state index contributed by atoms with van der Waals surface area (Å²) in [4.78, 5) is 11.3. The Balaban J connectivity index is 2.91. The molecule has 0 aromatic carbocycles. The molecule has 0 radical (unpaired) electrons. The molecule has 0 fully saturated rings. The van der Waals surface area contributed by atoms with Crippen LogP contribution in [0.1, 0.15) is 19.8 Å². The third kappa shape index (κ3) is 2.98. The number of carbonyl (C=O) groups is 1. The first-order valence-corrected chi connectivity index (χ1v) is 5.00. The lowest BCUT2D eigenvalue weighted by Crippen LogP contribution is -2.32. The van der Waals surface area contributed by atoms with Gasteiger partial charge in [-0.15, -0.1) is 0 Å². The maximum Gasteiger partial charge on any atom is 0.413 e. The summed E-state index contributed by atoms with van der Waals surface area (Å²) >= 11 is 0. The number of alkyl halides is 3. The van der Waals surface area contributed by atoms with Crippen LogP contribution in [-0.4, -0.2) is 30.0 Å². The molecule has 0 bridgehead atoms. The highest BCUT2D eigenvalue weighted by Crippen LogP contribution is 2.37. The Hall–Kier alpha value is -1.04. The lowest BCUT2D eigenvalue weighted by molar-refractivity contribution is -0.153. The van der Waals surface area contributed by atoms with Crippen LogP contribution in [0.2, 0.25) is 0 Å². The highest BCUT2D eigenvalue weighted by molar-refractivity contribution is 5.76. The second kappa shape index (κ2) is 4.86. The summed E-state index contributed by atoms with van der Waals surface area (Å²) in [7, 11) is 0. The minimum atomic E-state index is -4.60. The normalized spacial score (nSPS) is 26.2. The SMILES string of the molecule is CCOC(=O)[C@H]1CC[C@@H](O)C=C1C(F)(F)F. The fourth-order valence-electron chi connectivity index (χ4n) is 1.68. The summed E-state index contributed by atoms with van der Waals surface area (Å²) < 4.78 is 42.3. The van der Waals surface area contributed by atoms with E-state index in [4.69, 9.17) is 5.11 Å². The Labute approximate surface area is 90.9 Å². The van der Waals surface area contributed by atoms with Gasteiger partial charge in [0.05, 0.1) is 18.6 Å². The molecule has 0 spiro atoms. The number of aliphatic hydroxyl groups excluding tert-OH is 1. The molecule has 2 atom stereocenters. The third-order valence-electron chi connectivity index (χ3n) is 2.40. The van der Waals surface area contributed by atoms with Gasteiger partial charge in [0.2, 0.25) is 0 Å². The standard InChI is InChI=1S/C10H13F3O3/c1-2-16-9(15)7-4-3-6(14)5-8(7)10(11,12)13/h5-7,14H,2-4H2,1H3/t6-,7+/m1/s1. The molecule has 1 aliphatic carbocycles. The Kier molecular flexibility index (Phi) is 3.96. The smallest absolute Gasteiger partial charge is 0.413 e. The number of esters is 1. The molecular weight excluding hydrogens is 225 g/mol. The quantitative estimate of drug-likeness (QED) is 0.589. The molecule has 0 unspecified atom stereocenters. The van der Waals surface area contributed by atoms with Crippen molar-refractivity contribution in [1.29, 1.82) is 0 Å². The summed E-state index contributed by atoms with van der Waals surface area (Å²) in [5.74, 6) is -2.18. The van der Waals surface area contributed by atoms with Crippen molar-refractivity contribution in [1.82, 2.24) is 0 Å². The Morgan fingerprint density at radius 3 is 2.69 bits per heavy atom. The van der Waals surface area contributed by atoms with Crippen LogP contribution in [0.4, 0.5) is 13.2 Å². The summed E-state index contributed by atoms with van der Waals surface area (Å²) in [6.07, 6.45) is -4.93. The zero-order valence-electron chi connectivity index (χ0n) is 8.75. The summed E-state index contributed by atoms with van der Waals surface area (Å²) in [5.41, 5.74) is -0.996. The van der Waals surface area contributed by atoms with Gasteiger partial charge < -0.3 is 9.84 Å². The highest BCUT2D eigenvalue weighted by Gasteiger charge is 2.44. The van der Waals surface area contributed by atoms with E-state index in [1.807, 2.05) is 0 Å². The number of aliphatic hydroxyl groups is 1. The average Bonchev–Trinajstić information content (AvgIpc) is 2.16. The monoisotopic (exact) mass is 238 g/mol. The minimum Gasteiger partial charge on any atom is -0.466 e. The zero-order chi connectivity index (χ0) is 12.3. The van der Waals surface area contributed by atoms with Crippen LogP contribution in [0.15, 0.2) is 11.6 Å². The zero-order valence-corrected chi connectivity index (χ0v) is 8.75. The van der Waals surface area contributed by atoms with E-state index in [9.17, 15) is 18.0 Å². The molecular formula is C10H13F3O3. The number of hydrogen-bond donors (Lipinski definition) is 1. The summed E-state index contributed by atoms with van der Waals surface area (Å²) in [5, 5.41) is 9.14. The van der Waals surface area contributed by atoms with Gasteiger partial charge in [0.1, 0.15) is 0 Å². The van der Waals surface area contributed by atoms with Crippen molar-refractivity contribution in [2.75, 3.05) is 6.61 Å². The molecule has 0 saturated heterocycles. The number of ether oxygens (including phenoxy) is 1. The van der Waals surface area contributed by atoms with Crippen molar-refractivity contribution in [2.24, 2.45) is 5.92 Å². The summed E-state index contributed by atoms with van der Waals surface area (Å²) in [6.45, 7) is 1.58. The van der Waals surface area contributed by atoms with Crippen LogP contribution in [0, 0.1) is 5.92 Å². The molecule has 92 valence electrons. The van der Waals surface area contributed by atoms with Crippen LogP contribution in [-0.2, 0) is 9.53 Å². The van der Waals surface area contributed by atoms with Crippen molar-refractivity contribution in [3.63, 3.8) is 0 Å². The Morgan fingerprint density at radius 2 is 2.19 bits per heavy atom. The van der Waals surface area contributed by atoms with Crippen molar-refractivity contribution < 1.29 is 27.8 Å². The third-order valence-corrected chi connectivity index (χ3v) is 2.40. The molecule has 16 heavy (non-hydrogen) atoms. The van der Waals surface area contributed by atoms with Gasteiger partial charge in [0, 0.05) is 5.57 Å². The van der Waals surface area contributed by atoms with E-state index in [0.29, 0.717) is 6.08 Å². The maximum atomic E-state index is 12.6. The lowest BCUT2D eigenvalue weighted by atomic mass is 9.86. The van der Waals surface area contributed by atoms with E-state index in [1.54, 1.807) is 0 Å². The molecule has 0 saturated carbocycles. The second-order valence-electron chi connectivity index (χ2n) is 3.57. The van der Waals surface area contributed by atoms with E-state index >= 15 is 0 Å². The van der Waals surface area contributed by atoms with Crippen molar-refractivity contribution in [3.8, 4) is 0 Å². The van der Waals surface area contributed by atoms with Crippen LogP contribution in [0.25, 0.3) is 0 Å². The molecule has 0 amide bonds. The molecule has 0 aliphatic heterocycles. The fraction of sp³-hybridized carbons (Fsp3) is 0.700. The predicted molar refractivity (Wildman–Crippen MR) is 49.5 cm³/mol. The highest BCUT2D eigenvalue weighted by atomic mass is 19.4. The molecule has 0 aromatic heterocycles. The second-order valence-corrected chi connectivity index (χ2v) is 3.57. The minimum absolute atomic E-state index is 0.0364. The number of carbonyl (C=O) groups excluding carboxylic acids is 1. The summed E-state index contributed by atoms with van der Waals surface area (Å²) in [6, 6.07) is 0. The fourth-order valence-corrected chi connectivity index (χ4v) is 1.68. The van der Waals surface area contributed by atoms with Crippen LogP contribution < -0.4 is 0 Å². The molecule has 0 aromatic rings. The van der Waals surface area contributed by atoms with Crippen molar-refractivity contribution in [3.05, 3.63) is 11.6 Å². The molecule has 6 heteroatoms. The Morgan fingerprint density at radius 1 is 1.56 bits per heavy atom. The maximum absolute atomic E-state index is 12.6. The predicted octanol–water partition coefficient (Wildman–Crippen LogP) is 1.81. The van der Waals surface area contributed by atoms with E-state index in [-0.39, 0.29) is 19.4 Å². The first-order valence-electron chi connectivity index (χ1n) is 5.00. The van der Waals surface area contributed by atoms with Crippen molar-refractivity contribution >= 4 is 5.97 Å².